The van der Waals surface area contributed by atoms with Crippen molar-refractivity contribution in [3.8, 4) is 5.88 Å². The lowest BCUT2D eigenvalue weighted by Gasteiger charge is -2.23. The Kier molecular flexibility index (Phi) is 10.2. The Morgan fingerprint density at radius 2 is 1.62 bits per heavy atom. The highest BCUT2D eigenvalue weighted by Crippen LogP contribution is 2.36. The third-order valence-corrected chi connectivity index (χ3v) is 5.14. The second kappa shape index (κ2) is 12.7. The molecule has 2 fully saturated rings. The van der Waals surface area contributed by atoms with E-state index in [0.29, 0.717) is 12.5 Å². The first-order valence-corrected chi connectivity index (χ1v) is 10.6. The zero-order valence-electron chi connectivity index (χ0n) is 19.1. The van der Waals surface area contributed by atoms with Crippen LogP contribution in [0.5, 0.6) is 5.88 Å². The van der Waals surface area contributed by atoms with Gasteiger partial charge in [-0.05, 0) is 30.2 Å². The molecule has 204 valence electrons. The maximum atomic E-state index is 10.6. The minimum Gasteiger partial charge on any atom is -0.475 e. The SMILES string of the molecule is O=C(O)C(F)(F)F.O=C(O)C(F)(F)F.c1ccc(O[C@@H]2CO[C@@]3(CCN(Cc4ccncc4)C3)C2)nc1. The number of hydrogen-bond acceptors (Lipinski definition) is 7. The van der Waals surface area contributed by atoms with Crippen molar-refractivity contribution in [1.29, 1.82) is 0 Å². The fraction of sp³-hybridized carbons (Fsp3) is 0.455. The van der Waals surface area contributed by atoms with E-state index in [1.807, 2.05) is 30.6 Å². The summed E-state index contributed by atoms with van der Waals surface area (Å²) in [5, 5.41) is 14.2. The van der Waals surface area contributed by atoms with Gasteiger partial charge in [0.1, 0.15) is 6.10 Å². The molecule has 2 aromatic rings. The molecule has 2 atom stereocenters. The highest BCUT2D eigenvalue weighted by Gasteiger charge is 2.46. The average Bonchev–Trinajstić information content (AvgIpc) is 3.40. The Balaban J connectivity index is 0.000000286. The van der Waals surface area contributed by atoms with E-state index in [1.54, 1.807) is 6.20 Å². The van der Waals surface area contributed by atoms with E-state index in [1.165, 1.54) is 5.56 Å². The summed E-state index contributed by atoms with van der Waals surface area (Å²) >= 11 is 0. The predicted octanol–water partition coefficient (Wildman–Crippen LogP) is 3.56. The van der Waals surface area contributed by atoms with Crippen molar-refractivity contribution in [2.45, 2.75) is 43.4 Å². The first-order valence-electron chi connectivity index (χ1n) is 10.6. The van der Waals surface area contributed by atoms with Gasteiger partial charge in [-0.25, -0.2) is 14.6 Å². The molecule has 15 heteroatoms. The predicted molar refractivity (Wildman–Crippen MR) is 113 cm³/mol. The van der Waals surface area contributed by atoms with E-state index in [-0.39, 0.29) is 11.7 Å². The number of alkyl halides is 6. The average molecular weight is 539 g/mol. The second-order valence-corrected chi connectivity index (χ2v) is 8.03. The molecule has 0 amide bonds. The van der Waals surface area contributed by atoms with Gasteiger partial charge in [-0.3, -0.25) is 9.88 Å². The number of aliphatic carboxylic acids is 2. The van der Waals surface area contributed by atoms with Crippen molar-refractivity contribution in [3.05, 3.63) is 54.5 Å². The Morgan fingerprint density at radius 3 is 2.14 bits per heavy atom. The lowest BCUT2D eigenvalue weighted by atomic mass is 9.98. The van der Waals surface area contributed by atoms with Crippen LogP contribution in [-0.4, -0.2) is 80.8 Å². The minimum atomic E-state index is -5.08. The molecule has 2 aliphatic rings. The quantitative estimate of drug-likeness (QED) is 0.562. The molecule has 0 aliphatic carbocycles. The normalized spacial score (nSPS) is 21.4. The summed E-state index contributed by atoms with van der Waals surface area (Å²) in [5.41, 5.74) is 1.25. The zero-order valence-corrected chi connectivity index (χ0v) is 19.1. The van der Waals surface area contributed by atoms with Gasteiger partial charge in [0.25, 0.3) is 0 Å². The van der Waals surface area contributed by atoms with Crippen LogP contribution in [0.25, 0.3) is 0 Å². The zero-order chi connectivity index (χ0) is 27.7. The maximum absolute atomic E-state index is 10.6. The highest BCUT2D eigenvalue weighted by atomic mass is 19.4. The Hall–Kier alpha value is -3.46. The van der Waals surface area contributed by atoms with Crippen LogP contribution in [0.2, 0.25) is 0 Å². The number of pyridine rings is 2. The monoisotopic (exact) mass is 539 g/mol. The van der Waals surface area contributed by atoms with Crippen molar-refractivity contribution in [1.82, 2.24) is 14.9 Å². The third-order valence-electron chi connectivity index (χ3n) is 5.14. The van der Waals surface area contributed by atoms with Gasteiger partial charge < -0.3 is 19.7 Å². The molecule has 2 aromatic heterocycles. The summed E-state index contributed by atoms with van der Waals surface area (Å²) in [7, 11) is 0. The van der Waals surface area contributed by atoms with Gasteiger partial charge in [0, 0.05) is 50.7 Å². The molecule has 37 heavy (non-hydrogen) atoms. The van der Waals surface area contributed by atoms with Crippen LogP contribution in [0.15, 0.2) is 48.9 Å². The summed E-state index contributed by atoms with van der Waals surface area (Å²) in [6, 6.07) is 9.89. The lowest BCUT2D eigenvalue weighted by molar-refractivity contribution is -0.193. The molecule has 2 N–H and O–H groups in total. The molecule has 0 aromatic carbocycles. The van der Waals surface area contributed by atoms with Crippen LogP contribution in [-0.2, 0) is 20.9 Å². The van der Waals surface area contributed by atoms with E-state index >= 15 is 0 Å². The van der Waals surface area contributed by atoms with Crippen molar-refractivity contribution in [3.63, 3.8) is 0 Å². The molecule has 1 spiro atoms. The number of carboxylic acids is 2. The minimum absolute atomic E-state index is 0.0491. The molecule has 2 aliphatic heterocycles. The fourth-order valence-corrected chi connectivity index (χ4v) is 3.56. The number of aromatic nitrogens is 2. The van der Waals surface area contributed by atoms with Crippen LogP contribution in [0.1, 0.15) is 18.4 Å². The topological polar surface area (TPSA) is 122 Å². The number of rotatable bonds is 4. The van der Waals surface area contributed by atoms with Gasteiger partial charge in [0.05, 0.1) is 12.2 Å². The van der Waals surface area contributed by atoms with Crippen molar-refractivity contribution in [2.24, 2.45) is 0 Å². The Morgan fingerprint density at radius 1 is 1.03 bits per heavy atom. The van der Waals surface area contributed by atoms with Gasteiger partial charge in [-0.15, -0.1) is 0 Å². The molecule has 0 radical (unpaired) electrons. The van der Waals surface area contributed by atoms with E-state index in [9.17, 15) is 26.3 Å². The van der Waals surface area contributed by atoms with Gasteiger partial charge >= 0.3 is 24.3 Å². The van der Waals surface area contributed by atoms with Crippen LogP contribution in [0, 0.1) is 0 Å². The molecule has 9 nitrogen and oxygen atoms in total. The molecule has 0 saturated carbocycles. The molecule has 0 unspecified atom stereocenters. The van der Waals surface area contributed by atoms with Gasteiger partial charge in [0.15, 0.2) is 0 Å². The number of nitrogens with zero attached hydrogens (tertiary/aromatic N) is 3. The second-order valence-electron chi connectivity index (χ2n) is 8.03. The number of likely N-dealkylation sites (tertiary alicyclic amines) is 1. The van der Waals surface area contributed by atoms with Crippen LogP contribution < -0.4 is 4.74 Å². The number of ether oxygens (including phenoxy) is 2. The van der Waals surface area contributed by atoms with Gasteiger partial charge in [-0.2, -0.15) is 26.3 Å². The number of carbonyl (C=O) groups is 2. The number of hydrogen-bond donors (Lipinski definition) is 2. The molecule has 4 rings (SSSR count). The standard InChI is InChI=1S/C18H21N3O2.2C2HF3O2/c1-2-7-20-17(3-1)23-16-11-18(22-13-16)6-10-21(14-18)12-15-4-8-19-9-5-15;2*3-2(4,5)1(6)7/h1-5,7-9,16H,6,10-14H2;2*(H,6,7)/t16-,18-;;/m0../s1. The van der Waals surface area contributed by atoms with Crippen molar-refractivity contribution in [2.75, 3.05) is 19.7 Å². The lowest BCUT2D eigenvalue weighted by Crippen LogP contribution is -2.33. The Labute approximate surface area is 206 Å². The number of halogens is 6. The molecular weight excluding hydrogens is 516 g/mol. The van der Waals surface area contributed by atoms with Crippen molar-refractivity contribution >= 4 is 11.9 Å². The molecular formula is C22H23F6N3O6. The van der Waals surface area contributed by atoms with E-state index in [4.69, 9.17) is 29.3 Å². The van der Waals surface area contributed by atoms with Crippen LogP contribution >= 0.6 is 0 Å². The van der Waals surface area contributed by atoms with Crippen LogP contribution in [0.4, 0.5) is 26.3 Å². The van der Waals surface area contributed by atoms with Gasteiger partial charge in [0.2, 0.25) is 5.88 Å². The van der Waals surface area contributed by atoms with Crippen LogP contribution in [0.3, 0.4) is 0 Å². The van der Waals surface area contributed by atoms with Gasteiger partial charge in [-0.1, -0.05) is 6.07 Å². The summed E-state index contributed by atoms with van der Waals surface area (Å²) < 4.78 is 75.6. The van der Waals surface area contributed by atoms with Crippen molar-refractivity contribution < 1.29 is 55.6 Å². The smallest absolute Gasteiger partial charge is 0.475 e. The Bertz CT molecular complexity index is 926. The number of carboxylic acid groups (broad SMARTS) is 2. The third kappa shape index (κ3) is 10.2. The molecule has 0 bridgehead atoms. The molecule has 2 saturated heterocycles. The first kappa shape index (κ1) is 29.8. The van der Waals surface area contributed by atoms with E-state index < -0.39 is 24.3 Å². The first-order chi connectivity index (χ1) is 17.2. The highest BCUT2D eigenvalue weighted by molar-refractivity contribution is 5.73. The summed E-state index contributed by atoms with van der Waals surface area (Å²) in [6.45, 7) is 3.65. The fourth-order valence-electron chi connectivity index (χ4n) is 3.56. The summed E-state index contributed by atoms with van der Waals surface area (Å²) in [5.74, 6) is -4.83. The maximum Gasteiger partial charge on any atom is 0.490 e. The van der Waals surface area contributed by atoms with E-state index in [0.717, 1.165) is 32.5 Å². The summed E-state index contributed by atoms with van der Waals surface area (Å²) in [6.07, 6.45) is -2.59. The van der Waals surface area contributed by atoms with E-state index in [2.05, 4.69) is 27.0 Å². The largest absolute Gasteiger partial charge is 0.490 e. The summed E-state index contributed by atoms with van der Waals surface area (Å²) in [4.78, 5) is 28.6. The molecule has 4 heterocycles.